The Morgan fingerprint density at radius 1 is 0.838 bits per heavy atom. The van der Waals surface area contributed by atoms with Crippen molar-refractivity contribution in [2.75, 3.05) is 20.3 Å². The van der Waals surface area contributed by atoms with Crippen LogP contribution < -0.4 is 15.2 Å². The molecular weight excluding hydrogens is 490 g/mol. The molecule has 0 aliphatic carbocycles. The lowest BCUT2D eigenvalue weighted by Crippen LogP contribution is -2.51. The van der Waals surface area contributed by atoms with Crippen LogP contribution in [0.25, 0.3) is 0 Å². The molecule has 1 aromatic rings. The van der Waals surface area contributed by atoms with E-state index in [9.17, 15) is 19.2 Å². The van der Waals surface area contributed by atoms with Gasteiger partial charge >= 0.3 is 24.4 Å². The molecular formula is C25H37NO11. The zero-order valence-corrected chi connectivity index (χ0v) is 22.4. The van der Waals surface area contributed by atoms with Gasteiger partial charge in [0.15, 0.2) is 11.5 Å². The number of rotatable bonds is 12. The Bertz CT molecular complexity index is 929. The van der Waals surface area contributed by atoms with Crippen molar-refractivity contribution in [1.29, 1.82) is 0 Å². The minimum Gasteiger partial charge on any atom is -0.468 e. The van der Waals surface area contributed by atoms with E-state index in [1.54, 1.807) is 27.7 Å². The molecule has 0 bridgehead atoms. The number of carbonyl (C=O) groups is 4. The minimum absolute atomic E-state index is 0.0962. The van der Waals surface area contributed by atoms with E-state index >= 15 is 0 Å². The van der Waals surface area contributed by atoms with Gasteiger partial charge in [-0.15, -0.1) is 0 Å². The van der Waals surface area contributed by atoms with Gasteiger partial charge in [0, 0.05) is 12.8 Å². The lowest BCUT2D eigenvalue weighted by molar-refractivity contribution is -0.147. The Balaban J connectivity index is 3.11. The second-order valence-corrected chi connectivity index (χ2v) is 9.20. The quantitative estimate of drug-likeness (QED) is 0.235. The zero-order valence-electron chi connectivity index (χ0n) is 22.4. The van der Waals surface area contributed by atoms with Crippen molar-refractivity contribution in [3.8, 4) is 11.5 Å². The third kappa shape index (κ3) is 11.8. The van der Waals surface area contributed by atoms with Crippen molar-refractivity contribution < 1.29 is 52.3 Å². The van der Waals surface area contributed by atoms with E-state index in [4.69, 9.17) is 38.9 Å². The number of ether oxygens (including phenoxy) is 7. The van der Waals surface area contributed by atoms with E-state index in [0.717, 1.165) is 0 Å². The average molecular weight is 528 g/mol. The molecule has 0 aliphatic rings. The highest BCUT2D eigenvalue weighted by Crippen LogP contribution is 2.31. The highest BCUT2D eigenvalue weighted by molar-refractivity contribution is 5.81. The smallest absolute Gasteiger partial charge is 0.468 e. The number of benzene rings is 1. The molecule has 37 heavy (non-hydrogen) atoms. The molecule has 1 atom stereocenters. The summed E-state index contributed by atoms with van der Waals surface area (Å²) in [6.45, 7) is 10.3. The molecule has 1 aromatic carbocycles. The van der Waals surface area contributed by atoms with Crippen LogP contribution in [0.1, 0.15) is 53.5 Å². The molecule has 0 saturated heterocycles. The third-order valence-electron chi connectivity index (χ3n) is 4.47. The van der Waals surface area contributed by atoms with Crippen molar-refractivity contribution >= 4 is 24.4 Å². The summed E-state index contributed by atoms with van der Waals surface area (Å²) in [5.41, 5.74) is 5.15. The minimum atomic E-state index is -1.61. The Hall–Kier alpha value is -3.54. The number of hydrogen-bond donors (Lipinski definition) is 1. The number of esters is 1. The predicted octanol–water partition coefficient (Wildman–Crippen LogP) is 4.15. The topological polar surface area (TPSA) is 159 Å². The van der Waals surface area contributed by atoms with Gasteiger partial charge in [0.05, 0.1) is 32.5 Å². The third-order valence-corrected chi connectivity index (χ3v) is 4.47. The molecule has 1 rings (SSSR count). The summed E-state index contributed by atoms with van der Waals surface area (Å²) in [5, 5.41) is 0. The van der Waals surface area contributed by atoms with Crippen LogP contribution in [-0.4, -0.2) is 62.5 Å². The Labute approximate surface area is 216 Å². The summed E-state index contributed by atoms with van der Waals surface area (Å²) in [6.07, 6.45) is -4.02. The fourth-order valence-electron chi connectivity index (χ4n) is 2.86. The molecule has 0 amide bonds. The second kappa shape index (κ2) is 14.9. The van der Waals surface area contributed by atoms with Crippen LogP contribution in [0.5, 0.6) is 11.5 Å². The summed E-state index contributed by atoms with van der Waals surface area (Å²) in [4.78, 5) is 48.4. The molecule has 0 aromatic heterocycles. The molecule has 0 radical (unpaired) electrons. The summed E-state index contributed by atoms with van der Waals surface area (Å²) >= 11 is 0. The van der Waals surface area contributed by atoms with Crippen LogP contribution in [0.4, 0.5) is 14.4 Å². The maximum Gasteiger partial charge on any atom is 0.514 e. The summed E-state index contributed by atoms with van der Waals surface area (Å²) in [5.74, 6) is -0.907. The van der Waals surface area contributed by atoms with Gasteiger partial charge in [-0.2, -0.15) is 0 Å². The van der Waals surface area contributed by atoms with E-state index in [-0.39, 0.29) is 43.5 Å². The fraction of sp³-hybridized carbons (Fsp3) is 0.600. The molecule has 1 unspecified atom stereocenters. The fourth-order valence-corrected chi connectivity index (χ4v) is 2.86. The maximum absolute atomic E-state index is 12.5. The van der Waals surface area contributed by atoms with Crippen molar-refractivity contribution in [3.63, 3.8) is 0 Å². The molecule has 0 spiro atoms. The van der Waals surface area contributed by atoms with Gasteiger partial charge < -0.3 is 38.9 Å². The number of hydrogen-bond acceptors (Lipinski definition) is 12. The monoisotopic (exact) mass is 527 g/mol. The van der Waals surface area contributed by atoms with Gasteiger partial charge in [0.2, 0.25) is 0 Å². The summed E-state index contributed by atoms with van der Waals surface area (Å²) < 4.78 is 35.2. The highest BCUT2D eigenvalue weighted by Gasteiger charge is 2.36. The molecule has 0 fully saturated rings. The Kier molecular flexibility index (Phi) is 12.7. The van der Waals surface area contributed by atoms with Gasteiger partial charge in [-0.1, -0.05) is 19.9 Å². The Morgan fingerprint density at radius 3 is 1.92 bits per heavy atom. The standard InChI is InChI=1S/C25H37NO11/c1-15(2)14-33-22(28)32-11-10-25(26,21(27)31-7)13-18-8-9-19(36-23(29)34-16(3)4)20(12-18)37-24(30)35-17(5)6/h8-9,12,15-17H,10-11,13-14,26H2,1-7H3. The van der Waals surface area contributed by atoms with E-state index < -0.39 is 42.2 Å². The van der Waals surface area contributed by atoms with Crippen LogP contribution in [0.3, 0.4) is 0 Å². The van der Waals surface area contributed by atoms with Gasteiger partial charge in [-0.25, -0.2) is 14.4 Å². The molecule has 0 saturated carbocycles. The lowest BCUT2D eigenvalue weighted by Gasteiger charge is -2.26. The van der Waals surface area contributed by atoms with Gasteiger partial charge in [-0.3, -0.25) is 4.79 Å². The maximum atomic E-state index is 12.5. The number of nitrogens with two attached hydrogens (primary N) is 1. The van der Waals surface area contributed by atoms with Crippen LogP contribution in [-0.2, 0) is 34.9 Å². The SMILES string of the molecule is COC(=O)C(N)(CCOC(=O)OCC(C)C)Cc1ccc(OC(=O)OC(C)C)c(OC(=O)OC(C)C)c1. The first-order valence-corrected chi connectivity index (χ1v) is 11.8. The molecule has 0 heterocycles. The summed E-state index contributed by atoms with van der Waals surface area (Å²) in [7, 11) is 1.18. The van der Waals surface area contributed by atoms with Crippen molar-refractivity contribution in [3.05, 3.63) is 23.8 Å². The van der Waals surface area contributed by atoms with Gasteiger partial charge in [0.1, 0.15) is 5.54 Å². The first kappa shape index (κ1) is 31.5. The van der Waals surface area contributed by atoms with Crippen LogP contribution >= 0.6 is 0 Å². The molecule has 12 heteroatoms. The Morgan fingerprint density at radius 2 is 1.41 bits per heavy atom. The van der Waals surface area contributed by atoms with Crippen LogP contribution in [0, 0.1) is 5.92 Å². The first-order valence-electron chi connectivity index (χ1n) is 11.8. The summed E-state index contributed by atoms with van der Waals surface area (Å²) in [6, 6.07) is 4.23. The van der Waals surface area contributed by atoms with E-state index in [2.05, 4.69) is 0 Å². The first-order chi connectivity index (χ1) is 17.2. The highest BCUT2D eigenvalue weighted by atomic mass is 16.8. The van der Waals surface area contributed by atoms with E-state index in [1.165, 1.54) is 25.3 Å². The largest absolute Gasteiger partial charge is 0.514 e. The lowest BCUT2D eigenvalue weighted by atomic mass is 9.88. The molecule has 2 N–H and O–H groups in total. The normalized spacial score (nSPS) is 12.5. The molecule has 12 nitrogen and oxygen atoms in total. The number of carbonyl (C=O) groups excluding carboxylic acids is 4. The van der Waals surface area contributed by atoms with Gasteiger partial charge in [0.25, 0.3) is 0 Å². The van der Waals surface area contributed by atoms with Crippen molar-refractivity contribution in [2.45, 2.75) is 72.1 Å². The molecule has 208 valence electrons. The van der Waals surface area contributed by atoms with Crippen LogP contribution in [0.2, 0.25) is 0 Å². The van der Waals surface area contributed by atoms with Crippen molar-refractivity contribution in [1.82, 2.24) is 0 Å². The van der Waals surface area contributed by atoms with E-state index in [0.29, 0.717) is 5.56 Å². The molecule has 0 aliphatic heterocycles. The second-order valence-electron chi connectivity index (χ2n) is 9.20. The predicted molar refractivity (Wildman–Crippen MR) is 130 cm³/mol. The van der Waals surface area contributed by atoms with Gasteiger partial charge in [-0.05, 0) is 51.3 Å². The van der Waals surface area contributed by atoms with Crippen molar-refractivity contribution in [2.24, 2.45) is 11.7 Å². The zero-order chi connectivity index (χ0) is 28.2. The van der Waals surface area contributed by atoms with E-state index in [1.807, 2.05) is 13.8 Å². The van der Waals surface area contributed by atoms with Crippen LogP contribution in [0.15, 0.2) is 18.2 Å². The number of methoxy groups -OCH3 is 1. The average Bonchev–Trinajstić information content (AvgIpc) is 2.77.